The molecule has 1 aromatic heterocycles. The van der Waals surface area contributed by atoms with Gasteiger partial charge in [-0.15, -0.1) is 0 Å². The molecule has 0 amide bonds. The van der Waals surface area contributed by atoms with Crippen LogP contribution in [0.5, 0.6) is 5.75 Å². The van der Waals surface area contributed by atoms with Crippen LogP contribution in [-0.2, 0) is 6.54 Å². The summed E-state index contributed by atoms with van der Waals surface area (Å²) >= 11 is 0. The molecule has 2 aliphatic heterocycles. The third kappa shape index (κ3) is 4.19. The Morgan fingerprint density at radius 2 is 1.88 bits per heavy atom. The number of aromatic hydroxyl groups is 1. The largest absolute Gasteiger partial charge is 0.507 e. The van der Waals surface area contributed by atoms with Crippen molar-refractivity contribution in [2.75, 3.05) is 26.7 Å². The van der Waals surface area contributed by atoms with E-state index in [1.165, 1.54) is 45.2 Å². The van der Waals surface area contributed by atoms with Crippen molar-refractivity contribution in [3.63, 3.8) is 0 Å². The molecule has 5 heteroatoms. The molecule has 1 N–H and O–H groups in total. The van der Waals surface area contributed by atoms with E-state index in [9.17, 15) is 9.90 Å². The molecule has 3 aromatic rings. The first-order valence-electron chi connectivity index (χ1n) is 11.9. The minimum absolute atomic E-state index is 0.181. The molecule has 2 aliphatic rings. The van der Waals surface area contributed by atoms with Gasteiger partial charge in [-0.25, -0.2) is 4.79 Å². The number of hydrogen-bond donors (Lipinski definition) is 1. The summed E-state index contributed by atoms with van der Waals surface area (Å²) in [6.07, 6.45) is 6.49. The summed E-state index contributed by atoms with van der Waals surface area (Å²) in [4.78, 5) is 17.4. The zero-order valence-electron chi connectivity index (χ0n) is 18.8. The number of hydrogen-bond acceptors (Lipinski definition) is 5. The second-order valence-corrected chi connectivity index (χ2v) is 9.48. The topological polar surface area (TPSA) is 56.9 Å². The van der Waals surface area contributed by atoms with E-state index in [4.69, 9.17) is 4.42 Å². The molecule has 2 atom stereocenters. The Morgan fingerprint density at radius 1 is 1.06 bits per heavy atom. The van der Waals surface area contributed by atoms with Crippen molar-refractivity contribution in [2.24, 2.45) is 5.92 Å². The monoisotopic (exact) mass is 432 g/mol. The first kappa shape index (κ1) is 21.2. The van der Waals surface area contributed by atoms with Crippen molar-refractivity contribution in [2.45, 2.75) is 44.7 Å². The number of fused-ring (bicyclic) bond motifs is 2. The van der Waals surface area contributed by atoms with E-state index < -0.39 is 5.63 Å². The zero-order chi connectivity index (χ0) is 22.1. The van der Waals surface area contributed by atoms with Crippen molar-refractivity contribution in [1.29, 1.82) is 0 Å². The van der Waals surface area contributed by atoms with Gasteiger partial charge in [0.2, 0.25) is 0 Å². The van der Waals surface area contributed by atoms with Crippen LogP contribution in [0.25, 0.3) is 22.1 Å². The molecule has 0 saturated carbocycles. The zero-order valence-corrected chi connectivity index (χ0v) is 18.8. The van der Waals surface area contributed by atoms with E-state index in [-0.39, 0.29) is 5.75 Å². The van der Waals surface area contributed by atoms with E-state index in [1.54, 1.807) is 12.1 Å². The van der Waals surface area contributed by atoms with Gasteiger partial charge < -0.3 is 19.3 Å². The molecule has 32 heavy (non-hydrogen) atoms. The van der Waals surface area contributed by atoms with Crippen molar-refractivity contribution in [3.05, 3.63) is 64.5 Å². The number of rotatable bonds is 5. The second-order valence-electron chi connectivity index (χ2n) is 9.48. The molecular weight excluding hydrogens is 400 g/mol. The van der Waals surface area contributed by atoms with Crippen LogP contribution >= 0.6 is 0 Å². The summed E-state index contributed by atoms with van der Waals surface area (Å²) in [7, 11) is 2.11. The van der Waals surface area contributed by atoms with E-state index in [1.807, 2.05) is 36.4 Å². The lowest BCUT2D eigenvalue weighted by molar-refractivity contribution is 0.0434. The normalized spacial score (nSPS) is 21.7. The fraction of sp³-hybridized carbons (Fsp3) is 0.444. The number of piperidine rings is 2. The summed E-state index contributed by atoms with van der Waals surface area (Å²) < 4.78 is 5.66. The van der Waals surface area contributed by atoms with Crippen molar-refractivity contribution in [3.8, 4) is 16.9 Å². The van der Waals surface area contributed by atoms with Crippen LogP contribution in [0.2, 0.25) is 0 Å². The highest BCUT2D eigenvalue weighted by Crippen LogP contribution is 2.35. The molecule has 2 fully saturated rings. The van der Waals surface area contributed by atoms with Crippen LogP contribution in [0, 0.1) is 5.92 Å². The maximum atomic E-state index is 12.4. The smallest absolute Gasteiger partial charge is 0.336 e. The minimum Gasteiger partial charge on any atom is -0.507 e. The number of nitrogens with zero attached hydrogens (tertiary/aromatic N) is 2. The van der Waals surface area contributed by atoms with E-state index in [0.717, 1.165) is 23.1 Å². The second kappa shape index (κ2) is 9.08. The van der Waals surface area contributed by atoms with Crippen molar-refractivity contribution < 1.29 is 9.52 Å². The van der Waals surface area contributed by atoms with Crippen LogP contribution in [0.1, 0.15) is 37.7 Å². The first-order chi connectivity index (χ1) is 15.6. The fourth-order valence-electron chi connectivity index (χ4n) is 5.81. The number of phenols is 1. The van der Waals surface area contributed by atoms with Gasteiger partial charge in [-0.05, 0) is 75.0 Å². The Labute approximate surface area is 189 Å². The van der Waals surface area contributed by atoms with Crippen LogP contribution < -0.4 is 5.63 Å². The molecular formula is C27H32N2O3. The predicted molar refractivity (Wildman–Crippen MR) is 128 cm³/mol. The van der Waals surface area contributed by atoms with Crippen LogP contribution in [-0.4, -0.2) is 47.6 Å². The van der Waals surface area contributed by atoms with Gasteiger partial charge in [0.1, 0.15) is 11.3 Å². The van der Waals surface area contributed by atoms with Gasteiger partial charge in [-0.3, -0.25) is 0 Å². The molecule has 5 rings (SSSR count). The number of phenolic OH excluding ortho intramolecular Hbond substituents is 1. The minimum atomic E-state index is -0.393. The molecule has 0 spiro atoms. The van der Waals surface area contributed by atoms with Gasteiger partial charge in [-0.1, -0.05) is 36.8 Å². The quantitative estimate of drug-likeness (QED) is 0.584. The third-order valence-corrected chi connectivity index (χ3v) is 7.28. The Bertz CT molecular complexity index is 1140. The Balaban J connectivity index is 1.44. The van der Waals surface area contributed by atoms with E-state index in [2.05, 4.69) is 16.8 Å². The maximum absolute atomic E-state index is 12.4. The summed E-state index contributed by atoms with van der Waals surface area (Å²) in [5.41, 5.74) is 2.60. The van der Waals surface area contributed by atoms with Gasteiger partial charge in [0.25, 0.3) is 0 Å². The van der Waals surface area contributed by atoms with E-state index in [0.29, 0.717) is 29.7 Å². The van der Waals surface area contributed by atoms with Crippen LogP contribution in [0.4, 0.5) is 0 Å². The van der Waals surface area contributed by atoms with Gasteiger partial charge in [0.05, 0.1) is 5.56 Å². The average Bonchev–Trinajstić information content (AvgIpc) is 2.81. The molecule has 168 valence electrons. The SMILES string of the molecule is CN(Cc1c(O)ccc2c(-c3ccccc3)cc(=O)oc12)CC1CCCN2CCCCC12. The van der Waals surface area contributed by atoms with Crippen molar-refractivity contribution in [1.82, 2.24) is 9.80 Å². The molecule has 2 aromatic carbocycles. The van der Waals surface area contributed by atoms with E-state index >= 15 is 0 Å². The lowest BCUT2D eigenvalue weighted by atomic mass is 9.83. The first-order valence-corrected chi connectivity index (χ1v) is 11.9. The van der Waals surface area contributed by atoms with Crippen molar-refractivity contribution >= 4 is 11.0 Å². The molecule has 3 heterocycles. The maximum Gasteiger partial charge on any atom is 0.336 e. The molecule has 0 radical (unpaired) electrons. The highest BCUT2D eigenvalue weighted by Gasteiger charge is 2.33. The molecule has 0 bridgehead atoms. The lowest BCUT2D eigenvalue weighted by Gasteiger charge is -2.45. The summed E-state index contributed by atoms with van der Waals surface area (Å²) in [6, 6.07) is 15.7. The van der Waals surface area contributed by atoms with Gasteiger partial charge >= 0.3 is 5.63 Å². The highest BCUT2D eigenvalue weighted by molar-refractivity contribution is 5.95. The molecule has 2 saturated heterocycles. The average molecular weight is 433 g/mol. The predicted octanol–water partition coefficient (Wildman–Crippen LogP) is 4.86. The van der Waals surface area contributed by atoms with Gasteiger partial charge in [-0.2, -0.15) is 0 Å². The molecule has 2 unspecified atom stereocenters. The number of benzene rings is 2. The highest BCUT2D eigenvalue weighted by atomic mass is 16.4. The standard InChI is InChI=1S/C27H32N2O3/c1-28(17-20-10-7-15-29-14-6-5-11-24(20)29)18-23-25(30)13-12-21-22(16-26(31)32-27(21)23)19-8-3-2-4-9-19/h2-4,8-9,12-13,16,20,24,30H,5-7,10-11,14-15,17-18H2,1H3. The Morgan fingerprint density at radius 3 is 2.72 bits per heavy atom. The summed E-state index contributed by atoms with van der Waals surface area (Å²) in [6.45, 7) is 4.01. The summed E-state index contributed by atoms with van der Waals surface area (Å²) in [5.74, 6) is 0.832. The molecule has 5 nitrogen and oxygen atoms in total. The fourth-order valence-corrected chi connectivity index (χ4v) is 5.81. The third-order valence-electron chi connectivity index (χ3n) is 7.28. The Hall–Kier alpha value is -2.63. The Kier molecular flexibility index (Phi) is 6.03. The van der Waals surface area contributed by atoms with Crippen LogP contribution in [0.15, 0.2) is 57.7 Å². The van der Waals surface area contributed by atoms with Gasteiger partial charge in [0, 0.05) is 30.6 Å². The summed E-state index contributed by atoms with van der Waals surface area (Å²) in [5, 5.41) is 11.6. The molecule has 0 aliphatic carbocycles. The lowest BCUT2D eigenvalue weighted by Crippen LogP contribution is -2.50. The van der Waals surface area contributed by atoms with Gasteiger partial charge in [0.15, 0.2) is 0 Å². The van der Waals surface area contributed by atoms with Crippen LogP contribution in [0.3, 0.4) is 0 Å².